The Hall–Kier alpha value is -1.29. The zero-order chi connectivity index (χ0) is 12.3. The summed E-state index contributed by atoms with van der Waals surface area (Å²) in [5, 5.41) is 0.529. The van der Waals surface area contributed by atoms with E-state index in [4.69, 9.17) is 16.3 Å². The number of pyridine rings is 1. The van der Waals surface area contributed by atoms with Crippen LogP contribution in [0.15, 0.2) is 18.3 Å². The molecule has 0 spiro atoms. The second kappa shape index (κ2) is 4.70. The van der Waals surface area contributed by atoms with Crippen molar-refractivity contribution in [3.05, 3.63) is 23.4 Å². The van der Waals surface area contributed by atoms with Gasteiger partial charge in [0.25, 0.3) is 0 Å². The van der Waals surface area contributed by atoms with Gasteiger partial charge in [0.1, 0.15) is 11.4 Å². The molecule has 0 aliphatic carbocycles. The van der Waals surface area contributed by atoms with Crippen molar-refractivity contribution in [1.82, 2.24) is 4.98 Å². The Morgan fingerprint density at radius 2 is 2.06 bits per heavy atom. The van der Waals surface area contributed by atoms with Gasteiger partial charge in [-0.1, -0.05) is 11.6 Å². The Bertz CT molecular complexity index is 371. The van der Waals surface area contributed by atoms with Crippen LogP contribution in [0, 0.1) is 0 Å². The zero-order valence-corrected chi connectivity index (χ0v) is 10.6. The number of rotatable bonds is 1. The van der Waals surface area contributed by atoms with E-state index in [0.717, 1.165) is 0 Å². The van der Waals surface area contributed by atoms with Gasteiger partial charge in [0.2, 0.25) is 0 Å². The van der Waals surface area contributed by atoms with Gasteiger partial charge in [0.05, 0.1) is 5.02 Å². The van der Waals surface area contributed by atoms with Crippen LogP contribution in [0.4, 0.5) is 10.6 Å². The molecule has 0 bridgehead atoms. The fraction of sp³-hybridized carbons (Fsp3) is 0.455. The standard InChI is InChI=1S/C11H15ClN2O2/c1-11(2,3)16-10(15)14(4)9-6-5-8(12)7-13-9/h5-7H,1-4H3. The molecule has 1 aromatic rings. The highest BCUT2D eigenvalue weighted by Crippen LogP contribution is 2.16. The van der Waals surface area contributed by atoms with Crippen LogP contribution >= 0.6 is 11.6 Å². The van der Waals surface area contributed by atoms with E-state index in [0.29, 0.717) is 10.8 Å². The molecule has 0 aromatic carbocycles. The number of aromatic nitrogens is 1. The van der Waals surface area contributed by atoms with E-state index in [-0.39, 0.29) is 0 Å². The molecule has 5 heteroatoms. The molecule has 0 saturated heterocycles. The molecule has 1 heterocycles. The van der Waals surface area contributed by atoms with Crippen LogP contribution in [0.25, 0.3) is 0 Å². The number of carbonyl (C=O) groups is 1. The predicted octanol–water partition coefficient (Wildman–Crippen LogP) is 3.11. The first-order valence-corrected chi connectivity index (χ1v) is 5.25. The number of hydrogen-bond donors (Lipinski definition) is 0. The van der Waals surface area contributed by atoms with Crippen molar-refractivity contribution in [2.75, 3.05) is 11.9 Å². The molecule has 1 amide bonds. The minimum absolute atomic E-state index is 0.442. The van der Waals surface area contributed by atoms with E-state index >= 15 is 0 Å². The lowest BCUT2D eigenvalue weighted by molar-refractivity contribution is 0.0588. The number of nitrogens with zero attached hydrogens (tertiary/aromatic N) is 2. The average molecular weight is 243 g/mol. The third kappa shape index (κ3) is 3.70. The number of carbonyl (C=O) groups excluding carboxylic acids is 1. The summed E-state index contributed by atoms with van der Waals surface area (Å²) in [7, 11) is 1.60. The van der Waals surface area contributed by atoms with Gasteiger partial charge in [-0.05, 0) is 32.9 Å². The van der Waals surface area contributed by atoms with Crippen LogP contribution in [-0.2, 0) is 4.74 Å². The van der Waals surface area contributed by atoms with Gasteiger partial charge in [0.15, 0.2) is 0 Å². The SMILES string of the molecule is CN(C(=O)OC(C)(C)C)c1ccc(Cl)cn1. The Morgan fingerprint density at radius 3 is 2.50 bits per heavy atom. The first-order chi connectivity index (χ1) is 7.29. The van der Waals surface area contributed by atoms with Gasteiger partial charge >= 0.3 is 6.09 Å². The molecular formula is C11H15ClN2O2. The molecule has 0 aliphatic rings. The molecule has 4 nitrogen and oxygen atoms in total. The van der Waals surface area contributed by atoms with Crippen LogP contribution in [0.5, 0.6) is 0 Å². The van der Waals surface area contributed by atoms with Gasteiger partial charge in [-0.25, -0.2) is 9.78 Å². The monoisotopic (exact) mass is 242 g/mol. The third-order valence-electron chi connectivity index (χ3n) is 1.72. The molecular weight excluding hydrogens is 228 g/mol. The largest absolute Gasteiger partial charge is 0.443 e. The lowest BCUT2D eigenvalue weighted by atomic mass is 10.2. The van der Waals surface area contributed by atoms with Crippen molar-refractivity contribution in [3.8, 4) is 0 Å². The van der Waals surface area contributed by atoms with Crippen molar-refractivity contribution in [3.63, 3.8) is 0 Å². The fourth-order valence-corrected chi connectivity index (χ4v) is 1.10. The molecule has 0 saturated carbocycles. The van der Waals surface area contributed by atoms with Crippen molar-refractivity contribution in [2.45, 2.75) is 26.4 Å². The molecule has 0 fully saturated rings. The van der Waals surface area contributed by atoms with Crippen molar-refractivity contribution >= 4 is 23.5 Å². The van der Waals surface area contributed by atoms with Gasteiger partial charge in [-0.3, -0.25) is 4.90 Å². The second-order valence-electron chi connectivity index (χ2n) is 4.37. The fourth-order valence-electron chi connectivity index (χ4n) is 0.990. The minimum Gasteiger partial charge on any atom is -0.443 e. The van der Waals surface area contributed by atoms with Gasteiger partial charge < -0.3 is 4.74 Å². The highest BCUT2D eigenvalue weighted by Gasteiger charge is 2.20. The second-order valence-corrected chi connectivity index (χ2v) is 4.81. The van der Waals surface area contributed by atoms with Gasteiger partial charge in [0, 0.05) is 13.2 Å². The molecule has 0 atom stereocenters. The van der Waals surface area contributed by atoms with Crippen LogP contribution < -0.4 is 4.90 Å². The summed E-state index contributed by atoms with van der Waals surface area (Å²) in [5.74, 6) is 0.499. The normalized spacial score (nSPS) is 11.1. The van der Waals surface area contributed by atoms with E-state index < -0.39 is 11.7 Å². The summed E-state index contributed by atoms with van der Waals surface area (Å²) in [4.78, 5) is 17.0. The quantitative estimate of drug-likeness (QED) is 0.760. The number of hydrogen-bond acceptors (Lipinski definition) is 3. The minimum atomic E-state index is -0.516. The number of ether oxygens (including phenoxy) is 1. The topological polar surface area (TPSA) is 42.4 Å². The maximum atomic E-state index is 11.7. The molecule has 16 heavy (non-hydrogen) atoms. The van der Waals surface area contributed by atoms with Crippen LogP contribution in [0.1, 0.15) is 20.8 Å². The summed E-state index contributed by atoms with van der Waals surface area (Å²) in [5.41, 5.74) is -0.516. The summed E-state index contributed by atoms with van der Waals surface area (Å²) < 4.78 is 5.20. The molecule has 0 radical (unpaired) electrons. The zero-order valence-electron chi connectivity index (χ0n) is 9.82. The molecule has 0 unspecified atom stereocenters. The summed E-state index contributed by atoms with van der Waals surface area (Å²) in [6, 6.07) is 3.33. The third-order valence-corrected chi connectivity index (χ3v) is 1.95. The highest BCUT2D eigenvalue weighted by atomic mass is 35.5. The Labute approximate surface area is 100 Å². The van der Waals surface area contributed by atoms with E-state index in [1.54, 1.807) is 19.2 Å². The van der Waals surface area contributed by atoms with Crippen LogP contribution in [0.2, 0.25) is 5.02 Å². The molecule has 88 valence electrons. The van der Waals surface area contributed by atoms with Crippen LogP contribution in [-0.4, -0.2) is 23.7 Å². The Morgan fingerprint density at radius 1 is 1.44 bits per heavy atom. The molecule has 0 N–H and O–H groups in total. The maximum Gasteiger partial charge on any atom is 0.415 e. The highest BCUT2D eigenvalue weighted by molar-refractivity contribution is 6.30. The van der Waals surface area contributed by atoms with E-state index in [1.807, 2.05) is 20.8 Å². The molecule has 0 aliphatic heterocycles. The lowest BCUT2D eigenvalue weighted by Gasteiger charge is -2.24. The Balaban J connectivity index is 2.74. The average Bonchev–Trinajstić information content (AvgIpc) is 2.15. The van der Waals surface area contributed by atoms with E-state index in [2.05, 4.69) is 4.98 Å². The van der Waals surface area contributed by atoms with E-state index in [1.165, 1.54) is 11.1 Å². The van der Waals surface area contributed by atoms with Gasteiger partial charge in [-0.2, -0.15) is 0 Å². The molecule has 1 rings (SSSR count). The smallest absolute Gasteiger partial charge is 0.415 e. The first-order valence-electron chi connectivity index (χ1n) is 4.88. The Kier molecular flexibility index (Phi) is 3.75. The lowest BCUT2D eigenvalue weighted by Crippen LogP contribution is -2.34. The van der Waals surface area contributed by atoms with Crippen LogP contribution in [0.3, 0.4) is 0 Å². The molecule has 1 aromatic heterocycles. The van der Waals surface area contributed by atoms with Crippen molar-refractivity contribution < 1.29 is 9.53 Å². The van der Waals surface area contributed by atoms with Crippen molar-refractivity contribution in [1.29, 1.82) is 0 Å². The first kappa shape index (κ1) is 12.8. The number of anilines is 1. The summed E-state index contributed by atoms with van der Waals surface area (Å²) in [6.07, 6.45) is 1.04. The number of amides is 1. The number of halogens is 1. The maximum absolute atomic E-state index is 11.7. The van der Waals surface area contributed by atoms with E-state index in [9.17, 15) is 4.79 Å². The summed E-state index contributed by atoms with van der Waals surface area (Å²) >= 11 is 5.71. The summed E-state index contributed by atoms with van der Waals surface area (Å²) in [6.45, 7) is 5.44. The predicted molar refractivity (Wildman–Crippen MR) is 63.9 cm³/mol. The van der Waals surface area contributed by atoms with Crippen molar-refractivity contribution in [2.24, 2.45) is 0 Å². The van der Waals surface area contributed by atoms with Gasteiger partial charge in [-0.15, -0.1) is 0 Å².